The molecule has 4 aliphatic heterocycles. The molecule has 85 heavy (non-hydrogen) atoms. The number of imide groups is 1. The van der Waals surface area contributed by atoms with Gasteiger partial charge in [0.05, 0.1) is 40.9 Å². The van der Waals surface area contributed by atoms with Gasteiger partial charge in [-0.05, 0) is 95.0 Å². The second kappa shape index (κ2) is 29.1. The Morgan fingerprint density at radius 2 is 1.66 bits per heavy atom. The number of carbonyl (C=O) groups is 10. The molecule has 9 amide bonds. The van der Waals surface area contributed by atoms with E-state index in [1.165, 1.54) is 50.3 Å². The van der Waals surface area contributed by atoms with Crippen LogP contribution in [0, 0.1) is 18.8 Å². The zero-order chi connectivity index (χ0) is 62.7. The van der Waals surface area contributed by atoms with Crippen LogP contribution in [0.3, 0.4) is 0 Å². The second-order valence-corrected chi connectivity index (χ2v) is 23.4. The lowest BCUT2D eigenvalue weighted by Crippen LogP contribution is -2.54. The van der Waals surface area contributed by atoms with E-state index in [1.54, 1.807) is 59.0 Å². The first-order chi connectivity index (χ1) is 40.1. The molecular weight excluding hydrogens is 1120 g/mol. The number of aryl methyl sites for hydroxylation is 1. The van der Waals surface area contributed by atoms with E-state index in [0.29, 0.717) is 42.0 Å². The summed E-state index contributed by atoms with van der Waals surface area (Å²) in [6, 6.07) is 5.26. The SMILES string of the molecule is CO[C@@H]1/C=C/C=C(\C)Cc2cc(C)c(Cl)c(c2)N(C)C(=O)C[C@H](OC(=O)[C@H](C)N(C)C(=O)c2ccccc2NC(=O)[C@H](CCCNC(N)=O)NC(=O)[C@@H](NC(=O)CCCCCN2C(=O)C=CC2=O)C(C)C)[C@]2(C)O[C@H]2[C@H](C)[C@@H]2C[C@@]1(O)CC(=O)O2. The average Bonchev–Trinajstić information content (AvgIpc) is 1.65. The normalized spacial score (nSPS) is 25.3. The van der Waals surface area contributed by atoms with E-state index in [1.807, 2.05) is 32.1 Å². The molecule has 0 spiro atoms. The molecule has 2 fully saturated rings. The van der Waals surface area contributed by atoms with Gasteiger partial charge in [-0.2, -0.15) is 0 Å². The summed E-state index contributed by atoms with van der Waals surface area (Å²) in [6.07, 6.45) is 5.18. The molecule has 0 aliphatic carbocycles. The first-order valence-corrected chi connectivity index (χ1v) is 29.0. The number of nitrogens with zero attached hydrogens (tertiary/aromatic N) is 3. The number of rotatable bonds is 21. The summed E-state index contributed by atoms with van der Waals surface area (Å²) >= 11 is 6.88. The Hall–Kier alpha value is -7.47. The lowest BCUT2D eigenvalue weighted by atomic mass is 9.78. The van der Waals surface area contributed by atoms with E-state index in [4.69, 9.17) is 36.3 Å². The number of benzene rings is 2. The number of unbranched alkanes of at least 4 members (excludes halogenated alkanes) is 2. The molecule has 10 atom stereocenters. The maximum absolute atomic E-state index is 14.5. The van der Waals surface area contributed by atoms with Crippen molar-refractivity contribution in [1.82, 2.24) is 25.8 Å². The molecule has 6 rings (SSSR count). The maximum atomic E-state index is 14.5. The van der Waals surface area contributed by atoms with Crippen molar-refractivity contribution in [2.24, 2.45) is 17.6 Å². The number of hydrogen-bond acceptors (Lipinski definition) is 15. The van der Waals surface area contributed by atoms with Crippen LogP contribution in [-0.4, -0.2) is 162 Å². The number of allylic oxidation sites excluding steroid dienone is 3. The van der Waals surface area contributed by atoms with Crippen molar-refractivity contribution in [3.05, 3.63) is 94.1 Å². The summed E-state index contributed by atoms with van der Waals surface area (Å²) in [6.45, 7) is 12.3. The van der Waals surface area contributed by atoms with Crippen molar-refractivity contribution in [3.63, 3.8) is 0 Å². The van der Waals surface area contributed by atoms with Crippen molar-refractivity contribution in [3.8, 4) is 0 Å². The summed E-state index contributed by atoms with van der Waals surface area (Å²) in [4.78, 5) is 137. The van der Waals surface area contributed by atoms with Crippen LogP contribution < -0.4 is 31.9 Å². The Bertz CT molecular complexity index is 2970. The molecule has 4 bridgehead atoms. The largest absolute Gasteiger partial charge is 0.462 e. The maximum Gasteiger partial charge on any atom is 0.328 e. The number of hydrogen-bond donors (Lipinski definition) is 6. The van der Waals surface area contributed by atoms with Crippen molar-refractivity contribution >= 4 is 82.3 Å². The number of nitrogens with one attached hydrogen (secondary N) is 4. The third-order valence-electron chi connectivity index (χ3n) is 16.2. The van der Waals surface area contributed by atoms with Crippen LogP contribution in [0.25, 0.3) is 0 Å². The van der Waals surface area contributed by atoms with Gasteiger partial charge in [0.1, 0.15) is 47.6 Å². The third-order valence-corrected chi connectivity index (χ3v) is 16.7. The third kappa shape index (κ3) is 16.9. The van der Waals surface area contributed by atoms with Crippen molar-refractivity contribution in [1.29, 1.82) is 0 Å². The van der Waals surface area contributed by atoms with Crippen LogP contribution >= 0.6 is 11.6 Å². The van der Waals surface area contributed by atoms with Gasteiger partial charge in [-0.25, -0.2) is 9.59 Å². The van der Waals surface area contributed by atoms with Gasteiger partial charge in [0.15, 0.2) is 0 Å². The van der Waals surface area contributed by atoms with E-state index >= 15 is 0 Å². The van der Waals surface area contributed by atoms with Crippen LogP contribution in [-0.2, 0) is 63.7 Å². The molecular formula is C61H81ClN8O15. The number of urea groups is 1. The standard InChI is InChI=1S/C61H81ClN8O15/c1-34(2)53(67-47(71)23-12-11-15-27-70-48(72)24-25-49(70)73)56(77)66-42(21-17-26-64-59(63)80)55(76)65-41-20-14-13-19-40(41)57(78)68(8)38(6)58(79)84-46-31-50(74)69(9)43-30-39(29-36(4)52(43)62)28-35(3)18-16-22-45(82-10)61(81)32-44(83-51(75)33-61)37(5)54-60(46,7)85-54/h13-14,16,18-20,22,24-25,29-30,34,37-38,42,44-46,53-54,81H,11-12,15,17,21,23,26-28,31-33H2,1-10H3,(H,65,76)(H,66,77)(H,67,71)(H3,63,64,80)/b22-16+,35-18+/t37-,38+,42+,44+,45-,46+,53+,54+,60+,61-/m1/s1. The number of anilines is 2. The number of methoxy groups -OCH3 is 1. The number of likely N-dealkylation sites (N-methyl/N-ethyl adjacent to an activating group) is 1. The molecule has 0 unspecified atom stereocenters. The van der Waals surface area contributed by atoms with Gasteiger partial charge >= 0.3 is 18.0 Å². The summed E-state index contributed by atoms with van der Waals surface area (Å²) in [5.74, 6) is -6.48. The number of carbonyl (C=O) groups excluding carboxylic acids is 10. The Morgan fingerprint density at radius 3 is 2.33 bits per heavy atom. The minimum Gasteiger partial charge on any atom is -0.462 e. The lowest BCUT2D eigenvalue weighted by molar-refractivity contribution is -0.187. The van der Waals surface area contributed by atoms with E-state index in [-0.39, 0.29) is 68.3 Å². The number of para-hydroxylation sites is 1. The average molecular weight is 1200 g/mol. The number of ether oxygens (including phenoxy) is 4. The van der Waals surface area contributed by atoms with Gasteiger partial charge in [0, 0.05) is 65.2 Å². The van der Waals surface area contributed by atoms with Gasteiger partial charge in [-0.1, -0.05) is 80.8 Å². The van der Waals surface area contributed by atoms with E-state index in [0.717, 1.165) is 20.9 Å². The summed E-state index contributed by atoms with van der Waals surface area (Å²) in [5.41, 5.74) is 5.12. The van der Waals surface area contributed by atoms with E-state index in [2.05, 4.69) is 21.3 Å². The molecule has 2 aromatic rings. The predicted molar refractivity (Wildman–Crippen MR) is 314 cm³/mol. The molecule has 4 heterocycles. The van der Waals surface area contributed by atoms with Crippen LogP contribution in [0.2, 0.25) is 5.02 Å². The molecule has 23 nitrogen and oxygen atoms in total. The first kappa shape index (κ1) is 66.7. The fourth-order valence-corrected chi connectivity index (χ4v) is 11.1. The number of esters is 2. The lowest BCUT2D eigenvalue weighted by Gasteiger charge is -2.41. The van der Waals surface area contributed by atoms with Gasteiger partial charge in [0.25, 0.3) is 17.7 Å². The van der Waals surface area contributed by atoms with Crippen LogP contribution in [0.15, 0.2) is 72.4 Å². The molecule has 0 saturated carbocycles. The highest BCUT2D eigenvalue weighted by Gasteiger charge is 2.64. The number of aliphatic hydroxyl groups is 1. The predicted octanol–water partition coefficient (Wildman–Crippen LogP) is 4.88. The molecule has 2 aromatic carbocycles. The number of amides is 9. The highest BCUT2D eigenvalue weighted by atomic mass is 35.5. The molecule has 0 radical (unpaired) electrons. The minimum atomic E-state index is -1.67. The summed E-state index contributed by atoms with van der Waals surface area (Å²) in [7, 11) is 4.37. The topological polar surface area (TPSA) is 315 Å². The highest BCUT2D eigenvalue weighted by Crippen LogP contribution is 2.50. The Morgan fingerprint density at radius 1 is 0.965 bits per heavy atom. The van der Waals surface area contributed by atoms with Crippen molar-refractivity contribution in [2.45, 2.75) is 166 Å². The highest BCUT2D eigenvalue weighted by molar-refractivity contribution is 6.34. The molecule has 24 heteroatoms. The first-order valence-electron chi connectivity index (χ1n) is 28.6. The quantitative estimate of drug-likeness (QED) is 0.0420. The zero-order valence-corrected chi connectivity index (χ0v) is 50.7. The Kier molecular flexibility index (Phi) is 22.8. The van der Waals surface area contributed by atoms with Gasteiger partial charge in [0.2, 0.25) is 23.6 Å². The Balaban J connectivity index is 1.19. The minimum absolute atomic E-state index is 0.0130. The number of epoxide rings is 1. The summed E-state index contributed by atoms with van der Waals surface area (Å²) < 4.78 is 24.2. The molecule has 2 saturated heterocycles. The number of halogens is 1. The van der Waals surface area contributed by atoms with Gasteiger partial charge in [-0.15, -0.1) is 0 Å². The molecule has 7 N–H and O–H groups in total. The van der Waals surface area contributed by atoms with Crippen molar-refractivity contribution in [2.75, 3.05) is 44.5 Å². The number of primary amides is 1. The molecule has 4 aliphatic rings. The van der Waals surface area contributed by atoms with Gasteiger partial charge in [-0.3, -0.25) is 43.3 Å². The monoisotopic (exact) mass is 1200 g/mol. The molecule has 0 aromatic heterocycles. The van der Waals surface area contributed by atoms with Crippen molar-refractivity contribution < 1.29 is 72.0 Å². The Labute approximate surface area is 500 Å². The number of nitrogens with two attached hydrogens (primary N) is 1. The van der Waals surface area contributed by atoms with Crippen LogP contribution in [0.1, 0.15) is 121 Å². The second-order valence-electron chi connectivity index (χ2n) is 23.0. The fourth-order valence-electron chi connectivity index (χ4n) is 10.9. The van der Waals surface area contributed by atoms with Crippen LogP contribution in [0.5, 0.6) is 0 Å². The number of fused-ring (bicyclic) bond motifs is 5. The zero-order valence-electron chi connectivity index (χ0n) is 50.0. The van der Waals surface area contributed by atoms with E-state index in [9.17, 15) is 53.1 Å². The van der Waals surface area contributed by atoms with Crippen LogP contribution in [0.4, 0.5) is 16.2 Å². The molecule has 462 valence electrons. The van der Waals surface area contributed by atoms with E-state index < -0.39 is 120 Å². The summed E-state index contributed by atoms with van der Waals surface area (Å²) in [5, 5.41) is 23.1. The van der Waals surface area contributed by atoms with Gasteiger partial charge < -0.3 is 60.9 Å². The smallest absolute Gasteiger partial charge is 0.328 e. The fraction of sp³-hybridized carbons (Fsp3) is 0.541.